The third-order valence-electron chi connectivity index (χ3n) is 9.12. The molecular formula is C32H52Na2O6. The molecule has 0 amide bonds. The van der Waals surface area contributed by atoms with Crippen molar-refractivity contribution in [2.24, 2.45) is 22.7 Å². The number of carbonyl (C=O) groups is 4. The molecule has 218 valence electrons. The molecule has 0 radical (unpaired) electrons. The fourth-order valence-corrected chi connectivity index (χ4v) is 6.04. The van der Waals surface area contributed by atoms with Crippen molar-refractivity contribution in [3.8, 4) is 0 Å². The van der Waals surface area contributed by atoms with Crippen LogP contribution in [0.1, 0.15) is 143 Å². The van der Waals surface area contributed by atoms with Crippen LogP contribution in [0.25, 0.3) is 0 Å². The van der Waals surface area contributed by atoms with Crippen LogP contribution in [0.2, 0.25) is 0 Å². The molecule has 1 aliphatic carbocycles. The molecule has 1 rings (SSSR count). The fourth-order valence-electron chi connectivity index (χ4n) is 6.04. The van der Waals surface area contributed by atoms with Crippen LogP contribution in [0.3, 0.4) is 0 Å². The minimum absolute atomic E-state index is 0. The van der Waals surface area contributed by atoms with Crippen molar-refractivity contribution < 1.29 is 88.5 Å². The molecule has 0 N–H and O–H groups in total. The Morgan fingerprint density at radius 1 is 0.775 bits per heavy atom. The number of hydrogen-bond acceptors (Lipinski definition) is 6. The van der Waals surface area contributed by atoms with E-state index in [4.69, 9.17) is 0 Å². The van der Waals surface area contributed by atoms with Gasteiger partial charge in [0, 0.05) is 23.7 Å². The van der Waals surface area contributed by atoms with Crippen molar-refractivity contribution >= 4 is 23.5 Å². The zero-order chi connectivity index (χ0) is 28.6. The molecule has 0 spiro atoms. The van der Waals surface area contributed by atoms with Gasteiger partial charge in [-0.2, -0.15) is 0 Å². The van der Waals surface area contributed by atoms with Gasteiger partial charge in [-0.3, -0.25) is 9.59 Å². The summed E-state index contributed by atoms with van der Waals surface area (Å²) in [5.41, 5.74) is -1.85. The first-order valence-electron chi connectivity index (χ1n) is 15.1. The molecule has 1 saturated carbocycles. The van der Waals surface area contributed by atoms with Gasteiger partial charge in [-0.1, -0.05) is 104 Å². The molecular weight excluding hydrogens is 526 g/mol. The summed E-state index contributed by atoms with van der Waals surface area (Å²) in [6, 6.07) is 0. The summed E-state index contributed by atoms with van der Waals surface area (Å²) >= 11 is 0. The van der Waals surface area contributed by atoms with Gasteiger partial charge in [0.2, 0.25) is 0 Å². The second-order valence-electron chi connectivity index (χ2n) is 12.1. The molecule has 1 aliphatic rings. The molecule has 40 heavy (non-hydrogen) atoms. The molecule has 0 saturated heterocycles. The third kappa shape index (κ3) is 14.0. The summed E-state index contributed by atoms with van der Waals surface area (Å²) in [6.07, 6.45) is 21.1. The van der Waals surface area contributed by atoms with Crippen LogP contribution in [0.15, 0.2) is 12.2 Å². The van der Waals surface area contributed by atoms with E-state index in [9.17, 15) is 29.4 Å². The summed E-state index contributed by atoms with van der Waals surface area (Å²) in [5, 5.41) is 22.8. The number of rotatable bonds is 22. The molecule has 3 unspecified atom stereocenters. The van der Waals surface area contributed by atoms with Crippen LogP contribution in [0.5, 0.6) is 0 Å². The van der Waals surface area contributed by atoms with Crippen LogP contribution >= 0.6 is 0 Å². The standard InChI is InChI=1S/C32H54O6.2Na/c1-5-6-7-8-9-10-11-12-13-14-15-16-17-18-19-20-21-25(30(37)38)29(36)26-22-23-32(4,31(26,2)3)27(33)24-28(34)35;;/h12-13,25-26H,5-11,14-24H2,1-4H3,(H,34,35)(H,37,38);;/q;2*+1/p-2/b13-12-;;. The number of carboxylic acids is 2. The van der Waals surface area contributed by atoms with Crippen LogP contribution in [-0.2, 0) is 19.2 Å². The van der Waals surface area contributed by atoms with Crippen molar-refractivity contribution in [2.45, 2.75) is 143 Å². The quantitative estimate of drug-likeness (QED) is 0.0742. The number of unbranched alkanes of at least 4 members (excludes halogenated alkanes) is 12. The Morgan fingerprint density at radius 2 is 1.25 bits per heavy atom. The summed E-state index contributed by atoms with van der Waals surface area (Å²) in [6.45, 7) is 7.47. The van der Waals surface area contributed by atoms with Crippen molar-refractivity contribution in [2.75, 3.05) is 0 Å². The zero-order valence-corrected chi connectivity index (χ0v) is 30.5. The Balaban J connectivity index is 0. The Hall–Kier alpha value is 0.0200. The average molecular weight is 579 g/mol. The number of Topliss-reactive ketones (excluding diaryl/α,β-unsaturated/α-hetero) is 2. The maximum absolute atomic E-state index is 13.3. The number of hydrogen-bond donors (Lipinski definition) is 0. The zero-order valence-electron chi connectivity index (χ0n) is 26.5. The maximum atomic E-state index is 13.3. The molecule has 0 heterocycles. The van der Waals surface area contributed by atoms with Gasteiger partial charge in [-0.25, -0.2) is 0 Å². The van der Waals surface area contributed by atoms with Crippen LogP contribution in [0, 0.1) is 22.7 Å². The maximum Gasteiger partial charge on any atom is 1.00 e. The monoisotopic (exact) mass is 578 g/mol. The predicted octanol–water partition coefficient (Wildman–Crippen LogP) is -0.491. The van der Waals surface area contributed by atoms with Gasteiger partial charge in [-0.05, 0) is 50.4 Å². The molecule has 0 aromatic carbocycles. The van der Waals surface area contributed by atoms with E-state index in [1.54, 1.807) is 20.8 Å². The smallest absolute Gasteiger partial charge is 0.550 e. The molecule has 0 aromatic rings. The second kappa shape index (κ2) is 22.5. The summed E-state index contributed by atoms with van der Waals surface area (Å²) in [5.74, 6) is -5.43. The third-order valence-corrected chi connectivity index (χ3v) is 9.12. The summed E-state index contributed by atoms with van der Waals surface area (Å²) < 4.78 is 0. The first-order valence-corrected chi connectivity index (χ1v) is 15.1. The van der Waals surface area contributed by atoms with Gasteiger partial charge in [0.25, 0.3) is 0 Å². The number of allylic oxidation sites excluding steroid dienone is 2. The van der Waals surface area contributed by atoms with Crippen molar-refractivity contribution in [3.63, 3.8) is 0 Å². The molecule has 1 fully saturated rings. The molecule has 8 heteroatoms. The summed E-state index contributed by atoms with van der Waals surface area (Å²) in [7, 11) is 0. The van der Waals surface area contributed by atoms with Crippen molar-refractivity contribution in [1.82, 2.24) is 0 Å². The molecule has 0 aromatic heterocycles. The second-order valence-corrected chi connectivity index (χ2v) is 12.1. The van der Waals surface area contributed by atoms with Crippen LogP contribution in [-0.4, -0.2) is 23.5 Å². The van der Waals surface area contributed by atoms with Gasteiger partial charge >= 0.3 is 59.1 Å². The van der Waals surface area contributed by atoms with E-state index in [1.165, 1.54) is 51.4 Å². The predicted molar refractivity (Wildman–Crippen MR) is 147 cm³/mol. The van der Waals surface area contributed by atoms with E-state index in [2.05, 4.69) is 19.1 Å². The van der Waals surface area contributed by atoms with E-state index < -0.39 is 46.8 Å². The van der Waals surface area contributed by atoms with E-state index >= 15 is 0 Å². The van der Waals surface area contributed by atoms with Crippen molar-refractivity contribution in [3.05, 3.63) is 12.2 Å². The van der Waals surface area contributed by atoms with Gasteiger partial charge in [0.05, 0.1) is 11.9 Å². The Bertz CT molecular complexity index is 794. The van der Waals surface area contributed by atoms with Gasteiger partial charge in [-0.15, -0.1) is 0 Å². The van der Waals surface area contributed by atoms with Crippen LogP contribution < -0.4 is 69.3 Å². The first-order chi connectivity index (χ1) is 18.0. The number of carboxylic acid groups (broad SMARTS) is 2. The molecule has 0 aliphatic heterocycles. The van der Waals surface area contributed by atoms with Crippen molar-refractivity contribution in [1.29, 1.82) is 0 Å². The normalized spacial score (nSPS) is 20.4. The molecule has 6 nitrogen and oxygen atoms in total. The van der Waals surface area contributed by atoms with E-state index in [0.717, 1.165) is 32.1 Å². The van der Waals surface area contributed by atoms with E-state index in [1.807, 2.05) is 0 Å². The number of aliphatic carboxylic acids is 2. The largest absolute Gasteiger partial charge is 1.00 e. The minimum atomic E-state index is -1.44. The van der Waals surface area contributed by atoms with E-state index in [0.29, 0.717) is 19.3 Å². The fraction of sp³-hybridized carbons (Fsp3) is 0.812. The SMILES string of the molecule is CCCCCCCC/C=C\CCCCCCCCC(C(=O)[O-])C(=O)C1CCC(C)(C(=O)CC(=O)[O-])C1(C)C.[Na+].[Na+]. The average Bonchev–Trinajstić information content (AvgIpc) is 3.09. The molecule has 3 atom stereocenters. The van der Waals surface area contributed by atoms with Gasteiger partial charge in [0.15, 0.2) is 0 Å². The van der Waals surface area contributed by atoms with Crippen LogP contribution in [0.4, 0.5) is 0 Å². The van der Waals surface area contributed by atoms with Gasteiger partial charge < -0.3 is 19.8 Å². The number of carbonyl (C=O) groups excluding carboxylic acids is 4. The van der Waals surface area contributed by atoms with E-state index in [-0.39, 0.29) is 71.3 Å². The Morgan fingerprint density at radius 3 is 1.73 bits per heavy atom. The minimum Gasteiger partial charge on any atom is -0.550 e. The first kappa shape index (κ1) is 42.2. The Kier molecular flexibility index (Phi) is 23.8. The summed E-state index contributed by atoms with van der Waals surface area (Å²) in [4.78, 5) is 48.7. The number of ketones is 2. The topological polar surface area (TPSA) is 114 Å². The molecule has 0 bridgehead atoms. The van der Waals surface area contributed by atoms with Gasteiger partial charge in [0.1, 0.15) is 11.6 Å². The Labute approximate surface area is 287 Å².